The molecule has 12 heteroatoms. The van der Waals surface area contributed by atoms with Gasteiger partial charge in [0.25, 0.3) is 0 Å². The molecule has 10 rings (SSSR count). The number of imidazole rings is 1. The summed E-state index contributed by atoms with van der Waals surface area (Å²) in [5.74, 6) is 1.07. The second-order valence-corrected chi connectivity index (χ2v) is 18.5. The highest BCUT2D eigenvalue weighted by atomic mass is 15.1. The Hall–Kier alpha value is -6.38. The molecule has 0 aliphatic carbocycles. The topological polar surface area (TPSA) is 17.8 Å². The van der Waals surface area contributed by atoms with E-state index in [4.69, 9.17) is 4.98 Å². The number of hydrogen-bond donors (Lipinski definition) is 0. The van der Waals surface area contributed by atoms with Gasteiger partial charge in [-0.3, -0.25) is 4.57 Å². The number of benzene rings is 9. The molecule has 0 saturated carbocycles. The molecule has 0 aliphatic heterocycles. The average Bonchev–Trinajstić information content (AvgIpc) is 3.72. The van der Waals surface area contributed by atoms with Gasteiger partial charge in [0.1, 0.15) is 84.3 Å². The highest BCUT2D eigenvalue weighted by Crippen LogP contribution is 2.45. The van der Waals surface area contributed by atoms with E-state index in [-0.39, 0.29) is 0 Å². The van der Waals surface area contributed by atoms with Gasteiger partial charge in [0.05, 0.1) is 11.0 Å². The summed E-state index contributed by atoms with van der Waals surface area (Å²) in [6, 6.07) is 52.2. The van der Waals surface area contributed by atoms with Crippen LogP contribution in [0.1, 0.15) is 12.7 Å². The van der Waals surface area contributed by atoms with Gasteiger partial charge < -0.3 is 0 Å². The molecule has 0 amide bonds. The number of aromatic nitrogens is 2. The van der Waals surface area contributed by atoms with Crippen molar-refractivity contribution in [2.75, 3.05) is 0 Å². The normalized spacial score (nSPS) is 11.5. The van der Waals surface area contributed by atoms with Crippen LogP contribution in [-0.2, 0) is 6.42 Å². The molecule has 1 heterocycles. The zero-order valence-electron chi connectivity index (χ0n) is 39.9. The summed E-state index contributed by atoms with van der Waals surface area (Å²) < 4.78 is 2.32. The second-order valence-electron chi connectivity index (χ2n) is 18.5. The SMILES string of the molecule is Bc1c(B)c(B)c(-c2cc(-c3c(B)c(B)c(B)c(B)c3B)cc(-c3c4ccccc4c(-c4cccc(-c5cccc(-n6c(CC)nc7ccccc76)c5)c4)c4ccccc34)c2)c(B)c1B. The van der Waals surface area contributed by atoms with E-state index in [0.29, 0.717) is 0 Å². The molecule has 0 fully saturated rings. The maximum absolute atomic E-state index is 4.99. The molecule has 1 aromatic heterocycles. The monoisotopic (exact) mass is 822 g/mol. The molecule has 300 valence electrons. The predicted octanol–water partition coefficient (Wildman–Crippen LogP) is -3.19. The molecular weight excluding hydrogens is 773 g/mol. The Balaban J connectivity index is 1.22. The number of rotatable bonds is 7. The zero-order chi connectivity index (χ0) is 45.4. The molecule has 10 aromatic rings. The fraction of sp³-hybridized carbons (Fsp3) is 0.0377. The van der Waals surface area contributed by atoms with Gasteiger partial charge in [-0.05, 0) is 126 Å². The molecule has 0 atom stereocenters. The first-order valence-corrected chi connectivity index (χ1v) is 23.3. The zero-order valence-corrected chi connectivity index (χ0v) is 39.9. The van der Waals surface area contributed by atoms with Crippen molar-refractivity contribution in [3.63, 3.8) is 0 Å². The quantitative estimate of drug-likeness (QED) is 0.123. The lowest BCUT2D eigenvalue weighted by Crippen LogP contribution is -2.55. The number of aryl methyl sites for hydroxylation is 1. The maximum Gasteiger partial charge on any atom is 0.139 e. The lowest BCUT2D eigenvalue weighted by molar-refractivity contribution is 0.908. The van der Waals surface area contributed by atoms with Crippen molar-refractivity contribution in [3.05, 3.63) is 145 Å². The molecule has 65 heavy (non-hydrogen) atoms. The third-order valence-electron chi connectivity index (χ3n) is 15.3. The van der Waals surface area contributed by atoms with E-state index in [2.05, 4.69) is 229 Å². The van der Waals surface area contributed by atoms with Crippen LogP contribution < -0.4 is 54.6 Å². The van der Waals surface area contributed by atoms with Gasteiger partial charge >= 0.3 is 0 Å². The molecule has 2 nitrogen and oxygen atoms in total. The summed E-state index contributed by atoms with van der Waals surface area (Å²) in [6.07, 6.45) is 0.852. The molecule has 0 saturated heterocycles. The van der Waals surface area contributed by atoms with E-state index in [1.54, 1.807) is 0 Å². The minimum atomic E-state index is 0.852. The Kier molecular flexibility index (Phi) is 10.8. The smallest absolute Gasteiger partial charge is 0.139 e. The van der Waals surface area contributed by atoms with Crippen molar-refractivity contribution in [2.45, 2.75) is 13.3 Å². The number of para-hydroxylation sites is 2. The molecule has 0 N–H and O–H groups in total. The summed E-state index contributed by atoms with van der Waals surface area (Å²) in [4.78, 5) is 4.99. The first kappa shape index (κ1) is 42.6. The molecule has 9 aromatic carbocycles. The third-order valence-corrected chi connectivity index (χ3v) is 15.3. The highest BCUT2D eigenvalue weighted by Gasteiger charge is 2.22. The van der Waals surface area contributed by atoms with Crippen molar-refractivity contribution in [1.82, 2.24) is 9.55 Å². The van der Waals surface area contributed by atoms with E-state index in [1.807, 2.05) is 0 Å². The van der Waals surface area contributed by atoms with Crippen molar-refractivity contribution in [2.24, 2.45) is 0 Å². The molecule has 0 radical (unpaired) electrons. The van der Waals surface area contributed by atoms with Crippen molar-refractivity contribution in [1.29, 1.82) is 0 Å². The van der Waals surface area contributed by atoms with Crippen LogP contribution in [0.2, 0.25) is 0 Å². The Labute approximate surface area is 393 Å². The highest BCUT2D eigenvalue weighted by molar-refractivity contribution is 6.70. The Bertz CT molecular complexity index is 3410. The second kappa shape index (κ2) is 16.6. The number of hydrogen-bond acceptors (Lipinski definition) is 1. The summed E-state index contributed by atoms with van der Waals surface area (Å²) in [5, 5.41) is 5.01. The van der Waals surface area contributed by atoms with E-state index in [1.165, 1.54) is 132 Å². The van der Waals surface area contributed by atoms with Crippen LogP contribution in [0, 0.1) is 0 Å². The van der Waals surface area contributed by atoms with Gasteiger partial charge in [0.2, 0.25) is 0 Å². The number of nitrogens with zero attached hydrogens (tertiary/aromatic N) is 2. The molecule has 0 aliphatic rings. The van der Waals surface area contributed by atoms with Crippen LogP contribution in [0.4, 0.5) is 0 Å². The van der Waals surface area contributed by atoms with Crippen LogP contribution in [0.25, 0.3) is 93.9 Å². The lowest BCUT2D eigenvalue weighted by Gasteiger charge is -2.25. The fourth-order valence-corrected chi connectivity index (χ4v) is 11.0. The summed E-state index contributed by atoms with van der Waals surface area (Å²) >= 11 is 0. The van der Waals surface area contributed by atoms with Crippen molar-refractivity contribution in [3.8, 4) is 61.3 Å². The third kappa shape index (κ3) is 6.91. The van der Waals surface area contributed by atoms with Gasteiger partial charge in [-0.15, -0.1) is 32.8 Å². The molecule has 0 bridgehead atoms. The van der Waals surface area contributed by atoms with Crippen molar-refractivity contribution < 1.29 is 0 Å². The summed E-state index contributed by atoms with van der Waals surface area (Å²) in [7, 11) is 23.0. The average molecular weight is 821 g/mol. The first-order valence-electron chi connectivity index (χ1n) is 23.3. The predicted molar refractivity (Wildman–Crippen MR) is 314 cm³/mol. The van der Waals surface area contributed by atoms with E-state index < -0.39 is 0 Å². The van der Waals surface area contributed by atoms with E-state index in [0.717, 1.165) is 29.0 Å². The van der Waals surface area contributed by atoms with Crippen molar-refractivity contribution >= 4 is 166 Å². The van der Waals surface area contributed by atoms with Gasteiger partial charge in [0, 0.05) is 12.1 Å². The number of fused-ring (bicyclic) bond motifs is 3. The minimum absolute atomic E-state index is 0.852. The molecular formula is C53H48B10N2. The van der Waals surface area contributed by atoms with E-state index >= 15 is 0 Å². The first-order chi connectivity index (χ1) is 31.4. The van der Waals surface area contributed by atoms with Gasteiger partial charge in [-0.25, -0.2) is 4.98 Å². The lowest BCUT2D eigenvalue weighted by atomic mass is 9.59. The standard InChI is InChI=1S/C53H48B10N2/c1-2-39-64-37-19-7-8-20-38(37)65(39)32-14-10-12-27(25-32)26-11-9-13-28(21-26)40-33-15-3-5-17-35(33)41(36-18-6-4-16-34(36)40)29-22-30(42-44(54)48(58)52(62)49(59)45(42)55)24-31(23-29)43-46(56)50(60)53(63)51(61)47(43)57/h3-25H,2,54-63H2,1H3. The Morgan fingerprint density at radius 3 is 1.22 bits per heavy atom. The van der Waals surface area contributed by atoms with Crippen LogP contribution in [0.15, 0.2) is 140 Å². The van der Waals surface area contributed by atoms with Gasteiger partial charge in [-0.2, -0.15) is 0 Å². The molecule has 0 spiro atoms. The van der Waals surface area contributed by atoms with Gasteiger partial charge in [-0.1, -0.05) is 120 Å². The summed E-state index contributed by atoms with van der Waals surface area (Å²) in [5.41, 5.74) is 29.6. The Morgan fingerprint density at radius 2 is 0.723 bits per heavy atom. The molecule has 0 unspecified atom stereocenters. The maximum atomic E-state index is 4.99. The largest absolute Gasteiger partial charge is 0.296 e. The van der Waals surface area contributed by atoms with Crippen LogP contribution in [0.3, 0.4) is 0 Å². The fourth-order valence-electron chi connectivity index (χ4n) is 11.0. The van der Waals surface area contributed by atoms with Crippen LogP contribution in [-0.4, -0.2) is 88.0 Å². The van der Waals surface area contributed by atoms with Crippen LogP contribution >= 0.6 is 0 Å². The van der Waals surface area contributed by atoms with Crippen LogP contribution in [0.5, 0.6) is 0 Å². The minimum Gasteiger partial charge on any atom is -0.296 e. The van der Waals surface area contributed by atoms with Gasteiger partial charge in [0.15, 0.2) is 0 Å². The Morgan fingerprint density at radius 1 is 0.354 bits per heavy atom. The summed E-state index contributed by atoms with van der Waals surface area (Å²) in [6.45, 7) is 2.18. The van der Waals surface area contributed by atoms with E-state index in [9.17, 15) is 0 Å².